The van der Waals surface area contributed by atoms with Gasteiger partial charge < -0.3 is 31.9 Å². The molecule has 1 heterocycles. The van der Waals surface area contributed by atoms with E-state index in [0.717, 1.165) is 22.6 Å². The highest BCUT2D eigenvalue weighted by atomic mass is 35.5. The van der Waals surface area contributed by atoms with Gasteiger partial charge in [0, 0.05) is 23.7 Å². The Balaban J connectivity index is 0.00000208. The van der Waals surface area contributed by atoms with E-state index in [4.69, 9.17) is 37.4 Å². The average molecular weight is 390 g/mol. The van der Waals surface area contributed by atoms with Crippen LogP contribution in [0.4, 0.5) is 0 Å². The first kappa shape index (κ1) is 19.0. The highest BCUT2D eigenvalue weighted by Crippen LogP contribution is 2.33. The van der Waals surface area contributed by atoms with Crippen molar-refractivity contribution >= 4 is 23.2 Å². The maximum absolute atomic E-state index is 6.21. The van der Waals surface area contributed by atoms with Crippen molar-refractivity contribution in [3.05, 3.63) is 51.5 Å². The van der Waals surface area contributed by atoms with Gasteiger partial charge in [0.1, 0.15) is 5.75 Å². The smallest absolute Gasteiger partial charge is 0.231 e. The van der Waals surface area contributed by atoms with Crippen molar-refractivity contribution in [2.45, 2.75) is 20.0 Å². The third-order valence-corrected chi connectivity index (χ3v) is 3.95. The van der Waals surface area contributed by atoms with Crippen LogP contribution in [0.5, 0.6) is 17.2 Å². The van der Waals surface area contributed by atoms with Gasteiger partial charge in [0.05, 0.1) is 11.6 Å². The Morgan fingerprint density at radius 3 is 2.67 bits per heavy atom. The van der Waals surface area contributed by atoms with Crippen LogP contribution < -0.4 is 31.9 Å². The molecule has 0 atom stereocenters. The van der Waals surface area contributed by atoms with Crippen molar-refractivity contribution in [3.8, 4) is 17.2 Å². The van der Waals surface area contributed by atoms with Gasteiger partial charge in [-0.15, -0.1) is 0 Å². The Kier molecular flexibility index (Phi) is 6.87. The van der Waals surface area contributed by atoms with E-state index < -0.39 is 0 Å². The molecule has 3 rings (SSSR count). The van der Waals surface area contributed by atoms with Gasteiger partial charge in [0.25, 0.3) is 0 Å². The predicted octanol–water partition coefficient (Wildman–Crippen LogP) is 1.41. The molecule has 0 fully saturated rings. The van der Waals surface area contributed by atoms with Crippen molar-refractivity contribution in [2.75, 3.05) is 13.4 Å². The van der Waals surface area contributed by atoms with Crippen LogP contribution in [0, 0.1) is 0 Å². The van der Waals surface area contributed by atoms with Crippen molar-refractivity contribution in [1.82, 2.24) is 5.32 Å². The monoisotopic (exact) mass is 388 g/mol. The molecule has 0 bridgehead atoms. The molecule has 1 N–H and O–H groups in total. The Morgan fingerprint density at radius 1 is 1.08 bits per heavy atom. The maximum Gasteiger partial charge on any atom is 0.231 e. The molecule has 0 aromatic heterocycles. The molecule has 1 aliphatic heterocycles. The lowest BCUT2D eigenvalue weighted by molar-refractivity contribution is -0.00000655. The first-order chi connectivity index (χ1) is 11.2. The van der Waals surface area contributed by atoms with Crippen LogP contribution in [-0.4, -0.2) is 13.4 Å². The zero-order valence-corrected chi connectivity index (χ0v) is 15.3. The summed E-state index contributed by atoms with van der Waals surface area (Å²) >= 11 is 12.3. The first-order valence-corrected chi connectivity index (χ1v) is 8.13. The fraction of sp³-hybridized carbons (Fsp3) is 0.294. The molecule has 1 aliphatic rings. The summed E-state index contributed by atoms with van der Waals surface area (Å²) in [6.45, 7) is 4.05. The summed E-state index contributed by atoms with van der Waals surface area (Å²) in [4.78, 5) is 0. The minimum absolute atomic E-state index is 0. The number of hydrogen-bond donors (Lipinski definition) is 1. The molecule has 4 nitrogen and oxygen atoms in total. The van der Waals surface area contributed by atoms with Crippen LogP contribution in [-0.2, 0) is 13.1 Å². The lowest BCUT2D eigenvalue weighted by atomic mass is 10.1. The largest absolute Gasteiger partial charge is 1.00 e. The normalized spacial score (nSPS) is 12.0. The fourth-order valence-corrected chi connectivity index (χ4v) is 3.03. The number of hydrogen-bond acceptors (Lipinski definition) is 4. The van der Waals surface area contributed by atoms with Crippen LogP contribution in [0.1, 0.15) is 18.1 Å². The summed E-state index contributed by atoms with van der Waals surface area (Å²) in [6.07, 6.45) is 0. The van der Waals surface area contributed by atoms with Crippen molar-refractivity contribution in [3.63, 3.8) is 0 Å². The molecular weight excluding hydrogens is 373 g/mol. The summed E-state index contributed by atoms with van der Waals surface area (Å²) in [5.41, 5.74) is 2.05. The first-order valence-electron chi connectivity index (χ1n) is 7.37. The van der Waals surface area contributed by atoms with Gasteiger partial charge in [0.2, 0.25) is 6.79 Å². The summed E-state index contributed by atoms with van der Waals surface area (Å²) < 4.78 is 16.3. The molecule has 130 valence electrons. The lowest BCUT2D eigenvalue weighted by Gasteiger charge is -2.13. The van der Waals surface area contributed by atoms with Gasteiger partial charge in [-0.3, -0.25) is 0 Å². The van der Waals surface area contributed by atoms with E-state index in [1.165, 1.54) is 0 Å². The standard InChI is InChI=1S/C17H17Cl2NO3.ClH/c1-2-21-17-12(6-13(18)7-14(17)19)9-20-8-11-3-4-15-16(5-11)23-10-22-15;/h3-7,20H,2,8-10H2,1H3;1H/p-1. The third-order valence-electron chi connectivity index (χ3n) is 3.46. The Bertz CT molecular complexity index is 710. The summed E-state index contributed by atoms with van der Waals surface area (Å²) in [7, 11) is 0. The molecule has 2 aromatic carbocycles. The van der Waals surface area contributed by atoms with E-state index in [9.17, 15) is 0 Å². The predicted molar refractivity (Wildman–Crippen MR) is 90.7 cm³/mol. The van der Waals surface area contributed by atoms with Crippen LogP contribution >= 0.6 is 23.2 Å². The number of fused-ring (bicyclic) bond motifs is 1. The van der Waals surface area contributed by atoms with E-state index >= 15 is 0 Å². The van der Waals surface area contributed by atoms with Gasteiger partial charge in [-0.1, -0.05) is 29.3 Å². The highest BCUT2D eigenvalue weighted by Gasteiger charge is 2.13. The van der Waals surface area contributed by atoms with E-state index in [1.807, 2.05) is 31.2 Å². The van der Waals surface area contributed by atoms with Crippen molar-refractivity contribution in [2.24, 2.45) is 0 Å². The molecule has 0 aliphatic carbocycles. The second-order valence-electron chi connectivity index (χ2n) is 5.10. The van der Waals surface area contributed by atoms with E-state index in [-0.39, 0.29) is 19.2 Å². The third kappa shape index (κ3) is 4.39. The molecule has 0 amide bonds. The fourth-order valence-electron chi connectivity index (χ4n) is 2.44. The zero-order valence-electron chi connectivity index (χ0n) is 13.1. The molecule has 0 saturated carbocycles. The zero-order chi connectivity index (χ0) is 16.2. The number of rotatable bonds is 6. The second kappa shape index (κ2) is 8.67. The van der Waals surface area contributed by atoms with E-state index in [0.29, 0.717) is 35.5 Å². The minimum Gasteiger partial charge on any atom is -1.00 e. The summed E-state index contributed by atoms with van der Waals surface area (Å²) in [6, 6.07) is 9.46. The molecule has 0 spiro atoms. The molecule has 24 heavy (non-hydrogen) atoms. The number of benzene rings is 2. The number of ether oxygens (including phenoxy) is 3. The van der Waals surface area contributed by atoms with Gasteiger partial charge in [0.15, 0.2) is 11.5 Å². The van der Waals surface area contributed by atoms with Crippen molar-refractivity contribution in [1.29, 1.82) is 0 Å². The lowest BCUT2D eigenvalue weighted by Crippen LogP contribution is -3.00. The van der Waals surface area contributed by atoms with Crippen LogP contribution in [0.25, 0.3) is 0 Å². The van der Waals surface area contributed by atoms with Crippen molar-refractivity contribution < 1.29 is 26.6 Å². The Labute approximate surface area is 157 Å². The highest BCUT2D eigenvalue weighted by molar-refractivity contribution is 6.35. The second-order valence-corrected chi connectivity index (χ2v) is 5.94. The number of nitrogens with one attached hydrogen (secondary N) is 1. The summed E-state index contributed by atoms with van der Waals surface area (Å²) in [5.74, 6) is 2.25. The van der Waals surface area contributed by atoms with Gasteiger partial charge >= 0.3 is 0 Å². The molecule has 0 radical (unpaired) electrons. The maximum atomic E-state index is 6.21. The minimum atomic E-state index is 0. The van der Waals surface area contributed by atoms with Gasteiger partial charge in [-0.25, -0.2) is 0 Å². The summed E-state index contributed by atoms with van der Waals surface area (Å²) in [5, 5.41) is 4.49. The number of halogens is 3. The van der Waals surface area contributed by atoms with E-state index in [1.54, 1.807) is 6.07 Å². The van der Waals surface area contributed by atoms with Gasteiger partial charge in [-0.05, 0) is 36.8 Å². The molecule has 0 unspecified atom stereocenters. The molecule has 7 heteroatoms. The molecule has 0 saturated heterocycles. The van der Waals surface area contributed by atoms with Crippen LogP contribution in [0.15, 0.2) is 30.3 Å². The van der Waals surface area contributed by atoms with Gasteiger partial charge in [-0.2, -0.15) is 0 Å². The molecular formula is C17H17Cl3NO3-. The Hall–Kier alpha value is -1.33. The topological polar surface area (TPSA) is 39.7 Å². The van der Waals surface area contributed by atoms with E-state index in [2.05, 4.69) is 5.32 Å². The molecule has 2 aromatic rings. The van der Waals surface area contributed by atoms with Crippen LogP contribution in [0.3, 0.4) is 0 Å². The quantitative estimate of drug-likeness (QED) is 0.811. The average Bonchev–Trinajstić information content (AvgIpc) is 2.98. The van der Waals surface area contributed by atoms with Crippen LogP contribution in [0.2, 0.25) is 10.0 Å². The Morgan fingerprint density at radius 2 is 1.88 bits per heavy atom. The SMILES string of the molecule is CCOc1c(Cl)cc(Cl)cc1CNCc1ccc2c(c1)OCO2.[Cl-].